The fourth-order valence-corrected chi connectivity index (χ4v) is 0.274. The monoisotopic (exact) mass is 157 g/mol. The van der Waals surface area contributed by atoms with Crippen LogP contribution in [0.1, 0.15) is 6.42 Å². The number of hydrogen-bond donors (Lipinski definition) is 1. The van der Waals surface area contributed by atoms with Crippen molar-refractivity contribution in [2.24, 2.45) is 0 Å². The first-order valence-corrected chi connectivity index (χ1v) is 2.28. The Labute approximate surface area is 54.1 Å². The standard InChI is InChI=1S/C4H5F3O3/c5-4(6,7)2(8)1-3(9)10/h2,8H,1H2,(H,9,10)/p-1/t2-/m0/s1. The Morgan fingerprint density at radius 1 is 1.60 bits per heavy atom. The van der Waals surface area contributed by atoms with Crippen LogP contribution < -0.4 is 5.11 Å². The second kappa shape index (κ2) is 2.87. The fourth-order valence-electron chi connectivity index (χ4n) is 0.274. The average molecular weight is 157 g/mol. The second-order valence-corrected chi connectivity index (χ2v) is 1.63. The van der Waals surface area contributed by atoms with E-state index >= 15 is 0 Å². The van der Waals surface area contributed by atoms with Crippen molar-refractivity contribution in [3.8, 4) is 0 Å². The summed E-state index contributed by atoms with van der Waals surface area (Å²) in [7, 11) is 0. The summed E-state index contributed by atoms with van der Waals surface area (Å²) in [5, 5.41) is 17.5. The topological polar surface area (TPSA) is 60.4 Å². The van der Waals surface area contributed by atoms with Gasteiger partial charge < -0.3 is 15.0 Å². The first-order valence-electron chi connectivity index (χ1n) is 2.28. The molecule has 0 aromatic rings. The molecular formula is C4H4F3O3-. The van der Waals surface area contributed by atoms with E-state index in [1.165, 1.54) is 0 Å². The Balaban J connectivity index is 3.85. The third-order valence-corrected chi connectivity index (χ3v) is 0.738. The number of hydrogen-bond acceptors (Lipinski definition) is 3. The molecule has 3 nitrogen and oxygen atoms in total. The Kier molecular flexibility index (Phi) is 2.65. The van der Waals surface area contributed by atoms with E-state index in [1.54, 1.807) is 0 Å². The van der Waals surface area contributed by atoms with E-state index in [0.29, 0.717) is 0 Å². The zero-order valence-corrected chi connectivity index (χ0v) is 4.68. The van der Waals surface area contributed by atoms with Crippen molar-refractivity contribution in [2.45, 2.75) is 18.7 Å². The molecule has 0 aliphatic carbocycles. The molecule has 6 heteroatoms. The summed E-state index contributed by atoms with van der Waals surface area (Å²) >= 11 is 0. The van der Waals surface area contributed by atoms with Crippen LogP contribution in [0.2, 0.25) is 0 Å². The first kappa shape index (κ1) is 9.22. The number of rotatable bonds is 2. The van der Waals surface area contributed by atoms with Crippen LogP contribution in [-0.2, 0) is 4.79 Å². The van der Waals surface area contributed by atoms with Gasteiger partial charge in [-0.3, -0.25) is 0 Å². The number of carbonyl (C=O) groups excluding carboxylic acids is 1. The lowest BCUT2D eigenvalue weighted by atomic mass is 10.2. The maximum atomic E-state index is 11.3. The smallest absolute Gasteiger partial charge is 0.414 e. The summed E-state index contributed by atoms with van der Waals surface area (Å²) in [5.41, 5.74) is 0. The van der Waals surface area contributed by atoms with Crippen molar-refractivity contribution in [1.29, 1.82) is 0 Å². The molecule has 0 radical (unpaired) electrons. The zero-order chi connectivity index (χ0) is 8.36. The molecule has 0 spiro atoms. The minimum Gasteiger partial charge on any atom is -0.550 e. The van der Waals surface area contributed by atoms with Gasteiger partial charge in [0.2, 0.25) is 0 Å². The zero-order valence-electron chi connectivity index (χ0n) is 4.68. The number of alkyl halides is 3. The lowest BCUT2D eigenvalue weighted by molar-refractivity contribution is -0.312. The summed E-state index contributed by atoms with van der Waals surface area (Å²) in [6, 6.07) is 0. The van der Waals surface area contributed by atoms with E-state index in [0.717, 1.165) is 0 Å². The molecule has 60 valence electrons. The Hall–Kier alpha value is -0.780. The molecule has 0 bridgehead atoms. The number of aliphatic carboxylic acids is 1. The molecule has 0 amide bonds. The minimum absolute atomic E-state index is 1.41. The number of aliphatic hydroxyl groups is 1. The average Bonchev–Trinajstić information content (AvgIpc) is 1.60. The van der Waals surface area contributed by atoms with E-state index in [-0.39, 0.29) is 0 Å². The van der Waals surface area contributed by atoms with Gasteiger partial charge in [-0.2, -0.15) is 13.2 Å². The highest BCUT2D eigenvalue weighted by molar-refractivity contribution is 5.64. The first-order chi connectivity index (χ1) is 4.34. The van der Waals surface area contributed by atoms with Crippen molar-refractivity contribution >= 4 is 5.97 Å². The summed E-state index contributed by atoms with van der Waals surface area (Å²) in [6.07, 6.45) is -9.11. The Bertz CT molecular complexity index is 130. The van der Waals surface area contributed by atoms with E-state index in [9.17, 15) is 23.1 Å². The molecular weight excluding hydrogens is 153 g/mol. The normalized spacial score (nSPS) is 14.8. The van der Waals surface area contributed by atoms with E-state index in [2.05, 4.69) is 0 Å². The van der Waals surface area contributed by atoms with Crippen molar-refractivity contribution in [3.63, 3.8) is 0 Å². The van der Waals surface area contributed by atoms with E-state index < -0.39 is 24.7 Å². The minimum atomic E-state index is -4.87. The Morgan fingerprint density at radius 2 is 2.00 bits per heavy atom. The van der Waals surface area contributed by atoms with Gasteiger partial charge in [0.25, 0.3) is 0 Å². The maximum Gasteiger partial charge on any atom is 0.414 e. The Morgan fingerprint density at radius 3 is 2.10 bits per heavy atom. The van der Waals surface area contributed by atoms with E-state index in [1.807, 2.05) is 0 Å². The van der Waals surface area contributed by atoms with Crippen LogP contribution in [0.3, 0.4) is 0 Å². The predicted molar refractivity (Wildman–Crippen MR) is 21.7 cm³/mol. The molecule has 1 atom stereocenters. The summed E-state index contributed by atoms with van der Waals surface area (Å²) in [6.45, 7) is 0. The molecule has 10 heavy (non-hydrogen) atoms. The van der Waals surface area contributed by atoms with Crippen LogP contribution >= 0.6 is 0 Å². The molecule has 0 aliphatic heterocycles. The summed E-state index contributed by atoms with van der Waals surface area (Å²) < 4.78 is 33.8. The summed E-state index contributed by atoms with van der Waals surface area (Å²) in [5.74, 6) is -1.93. The quantitative estimate of drug-likeness (QED) is 0.562. The number of carboxylic acids is 1. The van der Waals surface area contributed by atoms with Crippen LogP contribution in [0.5, 0.6) is 0 Å². The third-order valence-electron chi connectivity index (χ3n) is 0.738. The number of carbonyl (C=O) groups is 1. The van der Waals surface area contributed by atoms with Crippen molar-refractivity contribution in [1.82, 2.24) is 0 Å². The van der Waals surface area contributed by atoms with Crippen molar-refractivity contribution < 1.29 is 28.2 Å². The lowest BCUT2D eigenvalue weighted by Crippen LogP contribution is -2.36. The highest BCUT2D eigenvalue weighted by Gasteiger charge is 2.37. The highest BCUT2D eigenvalue weighted by atomic mass is 19.4. The van der Waals surface area contributed by atoms with Crippen LogP contribution in [-0.4, -0.2) is 23.4 Å². The predicted octanol–water partition coefficient (Wildman–Crippen LogP) is -0.950. The molecule has 0 unspecified atom stereocenters. The van der Waals surface area contributed by atoms with Gasteiger partial charge in [0.1, 0.15) is 0 Å². The third kappa shape index (κ3) is 3.29. The molecule has 0 heterocycles. The van der Waals surface area contributed by atoms with Crippen LogP contribution in [0.25, 0.3) is 0 Å². The molecule has 0 aliphatic rings. The van der Waals surface area contributed by atoms with Gasteiger partial charge in [-0.05, 0) is 0 Å². The highest BCUT2D eigenvalue weighted by Crippen LogP contribution is 2.21. The lowest BCUT2D eigenvalue weighted by Gasteiger charge is -2.13. The van der Waals surface area contributed by atoms with Gasteiger partial charge >= 0.3 is 6.18 Å². The van der Waals surface area contributed by atoms with Gasteiger partial charge in [-0.15, -0.1) is 0 Å². The van der Waals surface area contributed by atoms with E-state index in [4.69, 9.17) is 5.11 Å². The van der Waals surface area contributed by atoms with Gasteiger partial charge in [-0.1, -0.05) is 0 Å². The summed E-state index contributed by atoms with van der Waals surface area (Å²) in [4.78, 5) is 9.49. The molecule has 0 aromatic heterocycles. The fraction of sp³-hybridized carbons (Fsp3) is 0.750. The van der Waals surface area contributed by atoms with Crippen molar-refractivity contribution in [2.75, 3.05) is 0 Å². The second-order valence-electron chi connectivity index (χ2n) is 1.63. The number of halogens is 3. The largest absolute Gasteiger partial charge is 0.550 e. The molecule has 0 aromatic carbocycles. The number of aliphatic hydroxyl groups excluding tert-OH is 1. The molecule has 0 saturated heterocycles. The van der Waals surface area contributed by atoms with Gasteiger partial charge in [0.15, 0.2) is 6.10 Å². The van der Waals surface area contributed by atoms with Gasteiger partial charge in [-0.25, -0.2) is 0 Å². The molecule has 0 fully saturated rings. The molecule has 0 saturated carbocycles. The van der Waals surface area contributed by atoms with Crippen LogP contribution in [0, 0.1) is 0 Å². The van der Waals surface area contributed by atoms with Crippen molar-refractivity contribution in [3.05, 3.63) is 0 Å². The maximum absolute atomic E-state index is 11.3. The molecule has 1 N–H and O–H groups in total. The molecule has 0 rings (SSSR count). The van der Waals surface area contributed by atoms with Crippen LogP contribution in [0.15, 0.2) is 0 Å². The SMILES string of the molecule is O=C([O-])C[C@H](O)C(F)(F)F. The van der Waals surface area contributed by atoms with Gasteiger partial charge in [0.05, 0.1) is 0 Å². The van der Waals surface area contributed by atoms with Crippen LogP contribution in [0.4, 0.5) is 13.2 Å². The number of carboxylic acid groups (broad SMARTS) is 1. The van der Waals surface area contributed by atoms with Gasteiger partial charge in [0, 0.05) is 12.4 Å².